The highest BCUT2D eigenvalue weighted by Crippen LogP contribution is 2.33. The Morgan fingerprint density at radius 2 is 2.00 bits per heavy atom. The van der Waals surface area contributed by atoms with Crippen molar-refractivity contribution in [3.05, 3.63) is 29.0 Å². The first-order chi connectivity index (χ1) is 8.10. The summed E-state index contributed by atoms with van der Waals surface area (Å²) in [7, 11) is 1.66. The molecule has 0 aliphatic heterocycles. The van der Waals surface area contributed by atoms with Crippen LogP contribution in [0.15, 0.2) is 12.1 Å². The zero-order valence-electron chi connectivity index (χ0n) is 10.8. The Kier molecular flexibility index (Phi) is 2.92. The molecule has 1 heterocycles. The van der Waals surface area contributed by atoms with Gasteiger partial charge in [0.05, 0.1) is 7.11 Å². The fraction of sp³-hybridized carbons (Fsp3) is 0.357. The number of hydrogen-bond acceptors (Lipinski definition) is 3. The van der Waals surface area contributed by atoms with Gasteiger partial charge in [0, 0.05) is 16.8 Å². The van der Waals surface area contributed by atoms with Gasteiger partial charge >= 0.3 is 0 Å². The Bertz CT molecular complexity index is 576. The van der Waals surface area contributed by atoms with Crippen LogP contribution >= 0.6 is 0 Å². The largest absolute Gasteiger partial charge is 0.494 e. The van der Waals surface area contributed by atoms with Gasteiger partial charge < -0.3 is 10.5 Å². The molecule has 0 fully saturated rings. The lowest BCUT2D eigenvalue weighted by Gasteiger charge is -2.14. The van der Waals surface area contributed by atoms with E-state index >= 15 is 0 Å². The molecule has 90 valence electrons. The molecule has 0 bridgehead atoms. The summed E-state index contributed by atoms with van der Waals surface area (Å²) in [4.78, 5) is 4.68. The Morgan fingerprint density at radius 3 is 2.59 bits per heavy atom. The first-order valence-electron chi connectivity index (χ1n) is 5.82. The van der Waals surface area contributed by atoms with Crippen LogP contribution in [0.5, 0.6) is 5.75 Å². The lowest BCUT2D eigenvalue weighted by atomic mass is 10.0. The van der Waals surface area contributed by atoms with Crippen LogP contribution in [0.4, 0.5) is 5.69 Å². The normalized spacial score (nSPS) is 10.8. The van der Waals surface area contributed by atoms with E-state index in [9.17, 15) is 0 Å². The number of anilines is 1. The molecule has 0 saturated heterocycles. The molecule has 0 aliphatic rings. The number of benzene rings is 1. The molecule has 2 N–H and O–H groups in total. The summed E-state index contributed by atoms with van der Waals surface area (Å²) in [5.41, 5.74) is 11.2. The monoisotopic (exact) mass is 230 g/mol. The maximum absolute atomic E-state index is 6.22. The molecule has 1 aromatic heterocycles. The number of nitrogen functional groups attached to an aromatic ring is 1. The molecule has 3 nitrogen and oxygen atoms in total. The van der Waals surface area contributed by atoms with Gasteiger partial charge in [-0.25, -0.2) is 4.98 Å². The van der Waals surface area contributed by atoms with Crippen molar-refractivity contribution in [2.75, 3.05) is 12.8 Å². The minimum Gasteiger partial charge on any atom is -0.494 e. The standard InChI is InChI=1S/C14H18N2O/c1-5-10-9(3)13(15)12-8(2)6-7-11(17-4)14(12)16-10/h6-7H,5H2,1-4H3,(H2,15,16). The van der Waals surface area contributed by atoms with Crippen LogP contribution in [-0.2, 0) is 6.42 Å². The first kappa shape index (κ1) is 11.7. The number of hydrogen-bond donors (Lipinski definition) is 1. The van der Waals surface area contributed by atoms with Crippen molar-refractivity contribution in [2.24, 2.45) is 0 Å². The number of rotatable bonds is 2. The summed E-state index contributed by atoms with van der Waals surface area (Å²) < 4.78 is 5.36. The zero-order chi connectivity index (χ0) is 12.6. The van der Waals surface area contributed by atoms with Crippen LogP contribution in [0.1, 0.15) is 23.7 Å². The molecule has 0 unspecified atom stereocenters. The van der Waals surface area contributed by atoms with E-state index in [1.807, 2.05) is 26.0 Å². The predicted molar refractivity (Wildman–Crippen MR) is 71.6 cm³/mol. The second-order valence-electron chi connectivity index (χ2n) is 4.26. The van der Waals surface area contributed by atoms with E-state index in [0.717, 1.165) is 45.6 Å². The van der Waals surface area contributed by atoms with Gasteiger partial charge in [-0.1, -0.05) is 13.0 Å². The second-order valence-corrected chi connectivity index (χ2v) is 4.26. The van der Waals surface area contributed by atoms with Crippen LogP contribution in [0, 0.1) is 13.8 Å². The maximum Gasteiger partial charge on any atom is 0.145 e. The molecule has 0 radical (unpaired) electrons. The van der Waals surface area contributed by atoms with Crippen LogP contribution in [0.3, 0.4) is 0 Å². The Labute approximate surface area is 102 Å². The number of ether oxygens (including phenoxy) is 1. The molecule has 3 heteroatoms. The second kappa shape index (κ2) is 4.24. The Balaban J connectivity index is 2.94. The fourth-order valence-electron chi connectivity index (χ4n) is 2.19. The lowest BCUT2D eigenvalue weighted by Crippen LogP contribution is -2.02. The van der Waals surface area contributed by atoms with Crippen molar-refractivity contribution in [1.29, 1.82) is 0 Å². The zero-order valence-corrected chi connectivity index (χ0v) is 10.8. The predicted octanol–water partition coefficient (Wildman–Crippen LogP) is 3.00. The van der Waals surface area contributed by atoms with Crippen molar-refractivity contribution >= 4 is 16.6 Å². The van der Waals surface area contributed by atoms with Gasteiger partial charge in [-0.05, 0) is 37.5 Å². The third kappa shape index (κ3) is 1.71. The highest BCUT2D eigenvalue weighted by atomic mass is 16.5. The van der Waals surface area contributed by atoms with Crippen LogP contribution in [0.25, 0.3) is 10.9 Å². The number of methoxy groups -OCH3 is 1. The summed E-state index contributed by atoms with van der Waals surface area (Å²) in [6, 6.07) is 3.96. The van der Waals surface area contributed by atoms with Crippen molar-refractivity contribution in [3.8, 4) is 5.75 Å². The van der Waals surface area contributed by atoms with Crippen molar-refractivity contribution in [3.63, 3.8) is 0 Å². The minimum absolute atomic E-state index is 0.784. The Morgan fingerprint density at radius 1 is 1.29 bits per heavy atom. The topological polar surface area (TPSA) is 48.1 Å². The number of aromatic nitrogens is 1. The fourth-order valence-corrected chi connectivity index (χ4v) is 2.19. The average molecular weight is 230 g/mol. The molecule has 0 spiro atoms. The minimum atomic E-state index is 0.784. The van der Waals surface area contributed by atoms with E-state index in [1.165, 1.54) is 0 Å². The highest BCUT2D eigenvalue weighted by Gasteiger charge is 2.13. The van der Waals surface area contributed by atoms with Gasteiger partial charge in [0.15, 0.2) is 0 Å². The van der Waals surface area contributed by atoms with E-state index < -0.39 is 0 Å². The SMILES string of the molecule is CCc1nc2c(OC)ccc(C)c2c(N)c1C. The molecule has 17 heavy (non-hydrogen) atoms. The number of pyridine rings is 1. The smallest absolute Gasteiger partial charge is 0.145 e. The van der Waals surface area contributed by atoms with Crippen LogP contribution in [-0.4, -0.2) is 12.1 Å². The van der Waals surface area contributed by atoms with Gasteiger partial charge in [0.25, 0.3) is 0 Å². The maximum atomic E-state index is 6.22. The quantitative estimate of drug-likeness (QED) is 0.862. The van der Waals surface area contributed by atoms with E-state index in [4.69, 9.17) is 10.5 Å². The van der Waals surface area contributed by atoms with Gasteiger partial charge in [-0.2, -0.15) is 0 Å². The molecule has 0 aliphatic carbocycles. The number of aryl methyl sites for hydroxylation is 2. The van der Waals surface area contributed by atoms with E-state index in [2.05, 4.69) is 11.9 Å². The summed E-state index contributed by atoms with van der Waals surface area (Å²) in [5.74, 6) is 0.784. The molecule has 0 saturated carbocycles. The first-order valence-corrected chi connectivity index (χ1v) is 5.82. The number of fused-ring (bicyclic) bond motifs is 1. The van der Waals surface area contributed by atoms with Crippen molar-refractivity contribution < 1.29 is 4.74 Å². The highest BCUT2D eigenvalue weighted by molar-refractivity contribution is 5.98. The molecular formula is C14H18N2O. The third-order valence-electron chi connectivity index (χ3n) is 3.26. The molecule has 0 atom stereocenters. The molecular weight excluding hydrogens is 212 g/mol. The summed E-state index contributed by atoms with van der Waals surface area (Å²) in [5, 5.41) is 1.01. The van der Waals surface area contributed by atoms with E-state index in [1.54, 1.807) is 7.11 Å². The molecule has 1 aromatic carbocycles. The van der Waals surface area contributed by atoms with Gasteiger partial charge in [0.1, 0.15) is 11.3 Å². The van der Waals surface area contributed by atoms with Gasteiger partial charge in [-0.3, -0.25) is 0 Å². The van der Waals surface area contributed by atoms with Gasteiger partial charge in [0.2, 0.25) is 0 Å². The summed E-state index contributed by atoms with van der Waals surface area (Å²) in [6.07, 6.45) is 0.878. The molecule has 0 amide bonds. The average Bonchev–Trinajstić information content (AvgIpc) is 2.33. The summed E-state index contributed by atoms with van der Waals surface area (Å²) in [6.45, 7) is 6.16. The molecule has 2 aromatic rings. The third-order valence-corrected chi connectivity index (χ3v) is 3.26. The van der Waals surface area contributed by atoms with E-state index in [0.29, 0.717) is 0 Å². The summed E-state index contributed by atoms with van der Waals surface area (Å²) >= 11 is 0. The number of nitrogens with zero attached hydrogens (tertiary/aromatic N) is 1. The van der Waals surface area contributed by atoms with Crippen molar-refractivity contribution in [1.82, 2.24) is 4.98 Å². The number of nitrogens with two attached hydrogens (primary N) is 1. The van der Waals surface area contributed by atoms with E-state index in [-0.39, 0.29) is 0 Å². The van der Waals surface area contributed by atoms with Crippen LogP contribution < -0.4 is 10.5 Å². The molecule has 2 rings (SSSR count). The van der Waals surface area contributed by atoms with Crippen molar-refractivity contribution in [2.45, 2.75) is 27.2 Å². The Hall–Kier alpha value is -1.77. The van der Waals surface area contributed by atoms with Gasteiger partial charge in [-0.15, -0.1) is 0 Å². The lowest BCUT2D eigenvalue weighted by molar-refractivity contribution is 0.418. The van der Waals surface area contributed by atoms with Crippen LogP contribution in [0.2, 0.25) is 0 Å².